The molecule has 0 spiro atoms. The quantitative estimate of drug-likeness (QED) is 0.803. The van der Waals surface area contributed by atoms with Crippen LogP contribution in [-0.4, -0.2) is 36.9 Å². The molecule has 1 aliphatic rings. The molecule has 2 amide bonds. The summed E-state index contributed by atoms with van der Waals surface area (Å²) in [5.41, 5.74) is 0.949. The first kappa shape index (κ1) is 13.3. The lowest BCUT2D eigenvalue weighted by molar-refractivity contribution is -0.125. The van der Waals surface area contributed by atoms with Gasteiger partial charge in [-0.25, -0.2) is 4.98 Å². The lowest BCUT2D eigenvalue weighted by Gasteiger charge is -2.17. The van der Waals surface area contributed by atoms with E-state index in [1.165, 1.54) is 0 Å². The van der Waals surface area contributed by atoms with Crippen LogP contribution in [0.4, 0.5) is 5.82 Å². The third-order valence-electron chi connectivity index (χ3n) is 3.06. The van der Waals surface area contributed by atoms with Crippen LogP contribution in [0.2, 0.25) is 0 Å². The first-order chi connectivity index (χ1) is 9.08. The summed E-state index contributed by atoms with van der Waals surface area (Å²) in [6.07, 6.45) is 2.71. The molecular formula is C13H18N4O2. The average molecular weight is 262 g/mol. The molecule has 2 rings (SSSR count). The summed E-state index contributed by atoms with van der Waals surface area (Å²) >= 11 is 0. The van der Waals surface area contributed by atoms with Crippen LogP contribution in [0.15, 0.2) is 18.3 Å². The highest BCUT2D eigenvalue weighted by atomic mass is 16.2. The highest BCUT2D eigenvalue weighted by molar-refractivity contribution is 5.90. The maximum Gasteiger partial charge on any atom is 0.242 e. The van der Waals surface area contributed by atoms with Gasteiger partial charge in [0.05, 0.1) is 0 Å². The van der Waals surface area contributed by atoms with Crippen molar-refractivity contribution in [2.45, 2.75) is 25.4 Å². The zero-order valence-electron chi connectivity index (χ0n) is 11.1. The van der Waals surface area contributed by atoms with E-state index in [2.05, 4.69) is 15.6 Å². The van der Waals surface area contributed by atoms with Crippen molar-refractivity contribution in [2.75, 3.05) is 19.0 Å². The fourth-order valence-electron chi connectivity index (χ4n) is 2.09. The maximum absolute atomic E-state index is 11.9. The molecular weight excluding hydrogens is 244 g/mol. The molecule has 2 N–H and O–H groups in total. The molecule has 1 aromatic rings. The maximum atomic E-state index is 11.9. The Labute approximate surface area is 112 Å². The van der Waals surface area contributed by atoms with E-state index in [-0.39, 0.29) is 11.8 Å². The summed E-state index contributed by atoms with van der Waals surface area (Å²) in [5, 5.41) is 5.49. The van der Waals surface area contributed by atoms with Gasteiger partial charge in [0.15, 0.2) is 0 Å². The molecule has 0 bridgehead atoms. The minimum Gasteiger partial charge on any atom is -0.362 e. The smallest absolute Gasteiger partial charge is 0.242 e. The van der Waals surface area contributed by atoms with Crippen LogP contribution in [0, 0.1) is 0 Å². The zero-order valence-corrected chi connectivity index (χ0v) is 11.1. The first-order valence-electron chi connectivity index (χ1n) is 6.26. The van der Waals surface area contributed by atoms with Crippen molar-refractivity contribution in [3.8, 4) is 0 Å². The number of amides is 2. The zero-order chi connectivity index (χ0) is 13.8. The van der Waals surface area contributed by atoms with Gasteiger partial charge in [0.1, 0.15) is 11.9 Å². The van der Waals surface area contributed by atoms with Gasteiger partial charge in [-0.1, -0.05) is 6.07 Å². The Balaban J connectivity index is 1.95. The van der Waals surface area contributed by atoms with Crippen molar-refractivity contribution in [2.24, 2.45) is 0 Å². The van der Waals surface area contributed by atoms with E-state index in [9.17, 15) is 9.59 Å². The second-order valence-electron chi connectivity index (χ2n) is 4.76. The van der Waals surface area contributed by atoms with Crippen molar-refractivity contribution in [1.82, 2.24) is 15.6 Å². The van der Waals surface area contributed by atoms with Crippen LogP contribution in [0.1, 0.15) is 18.4 Å². The Kier molecular flexibility index (Phi) is 3.99. The number of pyridine rings is 1. The van der Waals surface area contributed by atoms with Gasteiger partial charge in [0.2, 0.25) is 11.8 Å². The van der Waals surface area contributed by atoms with Crippen molar-refractivity contribution >= 4 is 17.6 Å². The minimum atomic E-state index is -0.396. The summed E-state index contributed by atoms with van der Waals surface area (Å²) in [4.78, 5) is 29.1. The van der Waals surface area contributed by atoms with Gasteiger partial charge < -0.3 is 15.5 Å². The fraction of sp³-hybridized carbons (Fsp3) is 0.462. The Hall–Kier alpha value is -2.11. The molecule has 19 heavy (non-hydrogen) atoms. The van der Waals surface area contributed by atoms with E-state index in [1.54, 1.807) is 6.20 Å². The minimum absolute atomic E-state index is 0.0597. The lowest BCUT2D eigenvalue weighted by atomic mass is 10.2. The molecule has 1 saturated heterocycles. The van der Waals surface area contributed by atoms with Crippen LogP contribution in [0.5, 0.6) is 0 Å². The number of hydrogen-bond donors (Lipinski definition) is 2. The van der Waals surface area contributed by atoms with Crippen LogP contribution >= 0.6 is 0 Å². The Morgan fingerprint density at radius 2 is 2.37 bits per heavy atom. The Morgan fingerprint density at radius 3 is 3.00 bits per heavy atom. The Bertz CT molecular complexity index is 487. The second-order valence-corrected chi connectivity index (χ2v) is 4.76. The van der Waals surface area contributed by atoms with Crippen LogP contribution < -0.4 is 15.5 Å². The van der Waals surface area contributed by atoms with Crippen molar-refractivity contribution in [3.05, 3.63) is 23.9 Å². The third kappa shape index (κ3) is 3.21. The van der Waals surface area contributed by atoms with Crippen LogP contribution in [-0.2, 0) is 16.1 Å². The molecule has 1 aromatic heterocycles. The van der Waals surface area contributed by atoms with Gasteiger partial charge in [-0.2, -0.15) is 0 Å². The molecule has 0 unspecified atom stereocenters. The van der Waals surface area contributed by atoms with E-state index in [0.717, 1.165) is 11.4 Å². The number of anilines is 1. The Morgan fingerprint density at radius 1 is 1.58 bits per heavy atom. The summed E-state index contributed by atoms with van der Waals surface area (Å²) in [6.45, 7) is 0.409. The SMILES string of the molecule is CN(C)c1ncccc1CNC(=O)[C@@H]1CCC(=O)N1. The van der Waals surface area contributed by atoms with Crippen LogP contribution in [0.3, 0.4) is 0 Å². The largest absolute Gasteiger partial charge is 0.362 e. The molecule has 1 atom stereocenters. The van der Waals surface area contributed by atoms with Crippen molar-refractivity contribution in [1.29, 1.82) is 0 Å². The molecule has 2 heterocycles. The molecule has 1 aliphatic heterocycles. The first-order valence-corrected chi connectivity index (χ1v) is 6.26. The summed E-state index contributed by atoms with van der Waals surface area (Å²) in [6, 6.07) is 3.37. The van der Waals surface area contributed by atoms with E-state index in [4.69, 9.17) is 0 Å². The van der Waals surface area contributed by atoms with Crippen molar-refractivity contribution < 1.29 is 9.59 Å². The molecule has 0 aliphatic carbocycles. The van der Waals surface area contributed by atoms with Gasteiger partial charge in [0, 0.05) is 38.8 Å². The van der Waals surface area contributed by atoms with E-state index in [1.807, 2.05) is 31.1 Å². The lowest BCUT2D eigenvalue weighted by Crippen LogP contribution is -2.41. The number of carbonyl (C=O) groups excluding carboxylic acids is 2. The number of carbonyl (C=O) groups is 2. The molecule has 6 nitrogen and oxygen atoms in total. The standard InChI is InChI=1S/C13H18N4O2/c1-17(2)12-9(4-3-7-14-12)8-15-13(19)10-5-6-11(18)16-10/h3-4,7,10H,5-6,8H2,1-2H3,(H,15,19)(H,16,18)/t10-/m0/s1. The van der Waals surface area contributed by atoms with Crippen molar-refractivity contribution in [3.63, 3.8) is 0 Å². The molecule has 0 radical (unpaired) electrons. The summed E-state index contributed by atoms with van der Waals surface area (Å²) in [5.74, 6) is 0.633. The summed E-state index contributed by atoms with van der Waals surface area (Å²) in [7, 11) is 3.82. The van der Waals surface area contributed by atoms with E-state index >= 15 is 0 Å². The summed E-state index contributed by atoms with van der Waals surface area (Å²) < 4.78 is 0. The highest BCUT2D eigenvalue weighted by Crippen LogP contribution is 2.14. The monoisotopic (exact) mass is 262 g/mol. The normalized spacial score (nSPS) is 18.0. The van der Waals surface area contributed by atoms with Gasteiger partial charge in [-0.05, 0) is 12.5 Å². The highest BCUT2D eigenvalue weighted by Gasteiger charge is 2.26. The predicted octanol–water partition coefficient (Wildman–Crippen LogP) is 0.0424. The second kappa shape index (κ2) is 5.69. The molecule has 102 valence electrons. The molecule has 6 heteroatoms. The van der Waals surface area contributed by atoms with Gasteiger partial charge in [-0.3, -0.25) is 9.59 Å². The third-order valence-corrected chi connectivity index (χ3v) is 3.06. The number of aromatic nitrogens is 1. The van der Waals surface area contributed by atoms with E-state index in [0.29, 0.717) is 19.4 Å². The topological polar surface area (TPSA) is 74.3 Å². The number of nitrogens with one attached hydrogen (secondary N) is 2. The van der Waals surface area contributed by atoms with Gasteiger partial charge in [-0.15, -0.1) is 0 Å². The van der Waals surface area contributed by atoms with E-state index < -0.39 is 6.04 Å². The number of nitrogens with zero attached hydrogens (tertiary/aromatic N) is 2. The van der Waals surface area contributed by atoms with Gasteiger partial charge >= 0.3 is 0 Å². The molecule has 1 fully saturated rings. The van der Waals surface area contributed by atoms with Gasteiger partial charge in [0.25, 0.3) is 0 Å². The average Bonchev–Trinajstić information content (AvgIpc) is 2.83. The molecule has 0 aromatic carbocycles. The molecule has 0 saturated carbocycles. The number of hydrogen-bond acceptors (Lipinski definition) is 4. The predicted molar refractivity (Wildman–Crippen MR) is 71.6 cm³/mol. The number of rotatable bonds is 4. The fourth-order valence-corrected chi connectivity index (χ4v) is 2.09. The van der Waals surface area contributed by atoms with Crippen LogP contribution in [0.25, 0.3) is 0 Å².